The van der Waals surface area contributed by atoms with E-state index in [-0.39, 0.29) is 6.10 Å². The molecule has 3 aliphatic heterocycles. The molecule has 1 N–H and O–H groups in total. The standard InChI is InChI=1S/C22H35N3O/c26-22-18-25(17-12-21(22)24-13-6-1-2-7-14-24)20-10-15-23(16-11-20)19-8-4-3-5-9-19/h3-5,8-9,20-22,26H,1-2,6-7,10-18H2/t21-,22-/m1/s1. The fourth-order valence-electron chi connectivity index (χ4n) is 5.26. The molecular formula is C22H35N3O. The Morgan fingerprint density at radius 2 is 1.42 bits per heavy atom. The number of nitrogens with zero attached hydrogens (tertiary/aromatic N) is 3. The molecule has 4 rings (SSSR count). The van der Waals surface area contributed by atoms with Crippen molar-refractivity contribution in [2.45, 2.75) is 63.1 Å². The Labute approximate surface area is 158 Å². The van der Waals surface area contributed by atoms with E-state index in [1.807, 2.05) is 0 Å². The van der Waals surface area contributed by atoms with Gasteiger partial charge in [-0.25, -0.2) is 0 Å². The zero-order valence-electron chi connectivity index (χ0n) is 16.1. The Morgan fingerprint density at radius 1 is 0.731 bits per heavy atom. The molecular weight excluding hydrogens is 322 g/mol. The van der Waals surface area contributed by atoms with Crippen molar-refractivity contribution in [3.8, 4) is 0 Å². The Hall–Kier alpha value is -1.10. The molecule has 0 amide bonds. The summed E-state index contributed by atoms with van der Waals surface area (Å²) in [6.45, 7) is 6.69. The van der Waals surface area contributed by atoms with Gasteiger partial charge < -0.3 is 10.0 Å². The molecule has 0 aromatic heterocycles. The molecule has 4 heteroatoms. The Bertz CT molecular complexity index is 536. The molecule has 1 aromatic rings. The molecule has 4 nitrogen and oxygen atoms in total. The maximum absolute atomic E-state index is 10.9. The zero-order valence-corrected chi connectivity index (χ0v) is 16.1. The van der Waals surface area contributed by atoms with Gasteiger partial charge >= 0.3 is 0 Å². The molecule has 2 atom stereocenters. The molecule has 144 valence electrons. The number of hydrogen-bond donors (Lipinski definition) is 1. The largest absolute Gasteiger partial charge is 0.390 e. The molecule has 0 radical (unpaired) electrons. The van der Waals surface area contributed by atoms with Gasteiger partial charge in [-0.15, -0.1) is 0 Å². The number of para-hydroxylation sites is 1. The predicted molar refractivity (Wildman–Crippen MR) is 108 cm³/mol. The lowest BCUT2D eigenvalue weighted by atomic mass is 9.95. The Kier molecular flexibility index (Phi) is 6.13. The van der Waals surface area contributed by atoms with E-state index in [2.05, 4.69) is 45.0 Å². The van der Waals surface area contributed by atoms with Gasteiger partial charge in [0.25, 0.3) is 0 Å². The molecule has 3 heterocycles. The number of likely N-dealkylation sites (tertiary alicyclic amines) is 2. The van der Waals surface area contributed by atoms with Gasteiger partial charge in [0, 0.05) is 44.0 Å². The predicted octanol–water partition coefficient (Wildman–Crippen LogP) is 2.97. The monoisotopic (exact) mass is 357 g/mol. The van der Waals surface area contributed by atoms with Crippen molar-refractivity contribution in [2.75, 3.05) is 44.2 Å². The van der Waals surface area contributed by atoms with E-state index in [9.17, 15) is 5.11 Å². The van der Waals surface area contributed by atoms with Gasteiger partial charge in [-0.05, 0) is 57.3 Å². The van der Waals surface area contributed by atoms with Crippen molar-refractivity contribution in [3.63, 3.8) is 0 Å². The number of aliphatic hydroxyl groups excluding tert-OH is 1. The van der Waals surface area contributed by atoms with Crippen LogP contribution in [-0.4, -0.2) is 72.4 Å². The first-order valence-electron chi connectivity index (χ1n) is 10.8. The van der Waals surface area contributed by atoms with Crippen molar-refractivity contribution < 1.29 is 5.11 Å². The lowest BCUT2D eigenvalue weighted by molar-refractivity contribution is -0.0279. The normalized spacial score (nSPS) is 30.3. The molecule has 0 aliphatic carbocycles. The van der Waals surface area contributed by atoms with E-state index in [1.165, 1.54) is 57.3 Å². The minimum Gasteiger partial charge on any atom is -0.390 e. The first-order valence-corrected chi connectivity index (χ1v) is 10.8. The summed E-state index contributed by atoms with van der Waals surface area (Å²) in [5, 5.41) is 10.9. The van der Waals surface area contributed by atoms with Crippen LogP contribution in [0, 0.1) is 0 Å². The van der Waals surface area contributed by atoms with Gasteiger partial charge in [0.05, 0.1) is 6.10 Å². The summed E-state index contributed by atoms with van der Waals surface area (Å²) < 4.78 is 0. The van der Waals surface area contributed by atoms with Gasteiger partial charge in [0.2, 0.25) is 0 Å². The number of piperidine rings is 2. The van der Waals surface area contributed by atoms with E-state index in [0.717, 1.165) is 32.6 Å². The van der Waals surface area contributed by atoms with Crippen LogP contribution in [-0.2, 0) is 0 Å². The molecule has 3 aliphatic rings. The molecule has 1 aromatic carbocycles. The highest BCUT2D eigenvalue weighted by Crippen LogP contribution is 2.27. The van der Waals surface area contributed by atoms with Crippen LogP contribution in [0.1, 0.15) is 44.9 Å². The summed E-state index contributed by atoms with van der Waals surface area (Å²) in [5.74, 6) is 0. The van der Waals surface area contributed by atoms with Crippen LogP contribution >= 0.6 is 0 Å². The van der Waals surface area contributed by atoms with Crippen LogP contribution in [0.15, 0.2) is 30.3 Å². The lowest BCUT2D eigenvalue weighted by Crippen LogP contribution is -2.57. The van der Waals surface area contributed by atoms with Crippen LogP contribution < -0.4 is 4.90 Å². The summed E-state index contributed by atoms with van der Waals surface area (Å²) >= 11 is 0. The topological polar surface area (TPSA) is 30.0 Å². The second-order valence-corrected chi connectivity index (χ2v) is 8.42. The number of rotatable bonds is 3. The molecule has 0 saturated carbocycles. The highest BCUT2D eigenvalue weighted by atomic mass is 16.3. The summed E-state index contributed by atoms with van der Waals surface area (Å²) in [6, 6.07) is 11.8. The Balaban J connectivity index is 1.28. The van der Waals surface area contributed by atoms with Crippen molar-refractivity contribution in [2.24, 2.45) is 0 Å². The van der Waals surface area contributed by atoms with Gasteiger partial charge in [-0.2, -0.15) is 0 Å². The van der Waals surface area contributed by atoms with Gasteiger partial charge in [-0.3, -0.25) is 9.80 Å². The average molecular weight is 358 g/mol. The first kappa shape index (κ1) is 18.3. The van der Waals surface area contributed by atoms with Crippen molar-refractivity contribution in [1.29, 1.82) is 0 Å². The quantitative estimate of drug-likeness (QED) is 0.901. The van der Waals surface area contributed by atoms with Gasteiger partial charge in [0.15, 0.2) is 0 Å². The lowest BCUT2D eigenvalue weighted by Gasteiger charge is -2.46. The van der Waals surface area contributed by atoms with Crippen LogP contribution in [0.2, 0.25) is 0 Å². The van der Waals surface area contributed by atoms with E-state index < -0.39 is 0 Å². The third-order valence-electron chi connectivity index (χ3n) is 6.79. The third kappa shape index (κ3) is 4.24. The van der Waals surface area contributed by atoms with Crippen LogP contribution in [0.3, 0.4) is 0 Å². The van der Waals surface area contributed by atoms with Crippen LogP contribution in [0.25, 0.3) is 0 Å². The molecule has 0 spiro atoms. The number of anilines is 1. The average Bonchev–Trinajstić information content (AvgIpc) is 2.98. The van der Waals surface area contributed by atoms with E-state index in [4.69, 9.17) is 0 Å². The fraction of sp³-hybridized carbons (Fsp3) is 0.727. The van der Waals surface area contributed by atoms with Gasteiger partial charge in [-0.1, -0.05) is 31.0 Å². The number of β-amino-alcohol motifs (C(OH)–C–C–N with tert-alkyl or cyclic N) is 1. The second kappa shape index (κ2) is 8.73. The summed E-state index contributed by atoms with van der Waals surface area (Å²) in [6.07, 6.45) is 8.76. The maximum Gasteiger partial charge on any atom is 0.0822 e. The number of hydrogen-bond acceptors (Lipinski definition) is 4. The molecule has 3 saturated heterocycles. The summed E-state index contributed by atoms with van der Waals surface area (Å²) in [5.41, 5.74) is 1.35. The number of benzene rings is 1. The molecule has 3 fully saturated rings. The van der Waals surface area contributed by atoms with Crippen LogP contribution in [0.4, 0.5) is 5.69 Å². The summed E-state index contributed by atoms with van der Waals surface area (Å²) in [7, 11) is 0. The highest BCUT2D eigenvalue weighted by molar-refractivity contribution is 5.46. The molecule has 26 heavy (non-hydrogen) atoms. The van der Waals surface area contributed by atoms with E-state index in [0.29, 0.717) is 12.1 Å². The van der Waals surface area contributed by atoms with Crippen molar-refractivity contribution >= 4 is 5.69 Å². The highest BCUT2D eigenvalue weighted by Gasteiger charge is 2.35. The van der Waals surface area contributed by atoms with E-state index >= 15 is 0 Å². The molecule has 0 unspecified atom stereocenters. The summed E-state index contributed by atoms with van der Waals surface area (Å²) in [4.78, 5) is 7.69. The second-order valence-electron chi connectivity index (χ2n) is 8.42. The number of aliphatic hydroxyl groups is 1. The molecule has 0 bridgehead atoms. The van der Waals surface area contributed by atoms with Crippen LogP contribution in [0.5, 0.6) is 0 Å². The third-order valence-corrected chi connectivity index (χ3v) is 6.79. The SMILES string of the molecule is O[C@@H]1CN(C2CCN(c3ccccc3)CC2)CC[C@H]1N1CCCCCC1. The van der Waals surface area contributed by atoms with E-state index in [1.54, 1.807) is 0 Å². The maximum atomic E-state index is 10.9. The zero-order chi connectivity index (χ0) is 17.8. The van der Waals surface area contributed by atoms with Crippen molar-refractivity contribution in [1.82, 2.24) is 9.80 Å². The minimum atomic E-state index is -0.172. The minimum absolute atomic E-state index is 0.172. The fourth-order valence-corrected chi connectivity index (χ4v) is 5.26. The smallest absolute Gasteiger partial charge is 0.0822 e. The van der Waals surface area contributed by atoms with Crippen molar-refractivity contribution in [3.05, 3.63) is 30.3 Å². The Morgan fingerprint density at radius 3 is 2.08 bits per heavy atom. The van der Waals surface area contributed by atoms with Gasteiger partial charge in [0.1, 0.15) is 0 Å². The first-order chi connectivity index (χ1) is 12.8.